The Morgan fingerprint density at radius 3 is 2.49 bits per heavy atom. The van der Waals surface area contributed by atoms with E-state index in [2.05, 4.69) is 15.0 Å². The lowest BCUT2D eigenvalue weighted by Gasteiger charge is -2.43. The van der Waals surface area contributed by atoms with Gasteiger partial charge in [0, 0.05) is 42.4 Å². The second-order valence-corrected chi connectivity index (χ2v) is 10.5. The number of benzene rings is 2. The molecule has 5 rings (SSSR count). The number of amides is 1. The van der Waals surface area contributed by atoms with Gasteiger partial charge in [-0.25, -0.2) is 9.50 Å². The SMILES string of the molecule is CCOc1ccccc1[C@@H](CO)N1CCN(C(=O)c2cnn3c(C(F)(F)F)c(C)c(-c4ccc(OC)cc4)nc23)[C@H](C)C1. The van der Waals surface area contributed by atoms with Crippen LogP contribution in [0.15, 0.2) is 54.7 Å². The second kappa shape index (κ2) is 12.2. The van der Waals surface area contributed by atoms with Crippen LogP contribution in [-0.4, -0.2) is 81.4 Å². The highest BCUT2D eigenvalue weighted by molar-refractivity contribution is 6.00. The quantitative estimate of drug-likeness (QED) is 0.305. The van der Waals surface area contributed by atoms with Crippen LogP contribution in [0.5, 0.6) is 11.5 Å². The van der Waals surface area contributed by atoms with E-state index in [9.17, 15) is 23.1 Å². The van der Waals surface area contributed by atoms with Crippen molar-refractivity contribution in [3.63, 3.8) is 0 Å². The summed E-state index contributed by atoms with van der Waals surface area (Å²) in [4.78, 5) is 22.1. The van der Waals surface area contributed by atoms with Crippen molar-refractivity contribution in [2.24, 2.45) is 0 Å². The number of rotatable bonds is 8. The summed E-state index contributed by atoms with van der Waals surface area (Å²) in [5, 5.41) is 14.3. The zero-order chi connectivity index (χ0) is 30.9. The molecule has 43 heavy (non-hydrogen) atoms. The number of aromatic nitrogens is 3. The van der Waals surface area contributed by atoms with Gasteiger partial charge in [0.1, 0.15) is 17.1 Å². The van der Waals surface area contributed by atoms with Gasteiger partial charge in [0.15, 0.2) is 11.3 Å². The predicted molar refractivity (Wildman–Crippen MR) is 154 cm³/mol. The first-order chi connectivity index (χ1) is 20.6. The number of methoxy groups -OCH3 is 1. The molecule has 1 N–H and O–H groups in total. The summed E-state index contributed by atoms with van der Waals surface area (Å²) in [6.45, 7) is 6.64. The van der Waals surface area contributed by atoms with Crippen molar-refractivity contribution >= 4 is 11.6 Å². The van der Waals surface area contributed by atoms with Crippen molar-refractivity contribution < 1.29 is 32.5 Å². The molecule has 1 aliphatic rings. The molecule has 2 aromatic heterocycles. The van der Waals surface area contributed by atoms with Gasteiger partial charge in [0.05, 0.1) is 38.3 Å². The molecule has 0 saturated carbocycles. The summed E-state index contributed by atoms with van der Waals surface area (Å²) in [5.41, 5.74) is 0.148. The van der Waals surface area contributed by atoms with Gasteiger partial charge in [-0.2, -0.15) is 18.3 Å². The molecule has 0 aliphatic carbocycles. The van der Waals surface area contributed by atoms with Gasteiger partial charge >= 0.3 is 6.18 Å². The van der Waals surface area contributed by atoms with Crippen molar-refractivity contribution in [2.45, 2.75) is 39.0 Å². The lowest BCUT2D eigenvalue weighted by molar-refractivity contribution is -0.143. The average Bonchev–Trinajstić information content (AvgIpc) is 3.40. The number of piperazine rings is 1. The van der Waals surface area contributed by atoms with E-state index in [1.54, 1.807) is 29.2 Å². The molecule has 0 spiro atoms. The number of halogens is 3. The molecule has 12 heteroatoms. The summed E-state index contributed by atoms with van der Waals surface area (Å²) in [5.74, 6) is 0.787. The molecule has 1 amide bonds. The molecule has 0 bridgehead atoms. The van der Waals surface area contributed by atoms with Crippen LogP contribution in [0.4, 0.5) is 13.2 Å². The normalized spacial score (nSPS) is 16.8. The number of carbonyl (C=O) groups excluding carboxylic acids is 1. The Morgan fingerprint density at radius 2 is 1.86 bits per heavy atom. The van der Waals surface area contributed by atoms with Crippen LogP contribution < -0.4 is 9.47 Å². The fourth-order valence-electron chi connectivity index (χ4n) is 5.77. The van der Waals surface area contributed by atoms with Gasteiger partial charge in [0.25, 0.3) is 5.91 Å². The fraction of sp³-hybridized carbons (Fsp3) is 0.387. The summed E-state index contributed by atoms with van der Waals surface area (Å²) >= 11 is 0. The molecule has 1 aliphatic heterocycles. The Labute approximate surface area is 247 Å². The minimum Gasteiger partial charge on any atom is -0.497 e. The number of para-hydroxylation sites is 1. The van der Waals surface area contributed by atoms with Crippen LogP contribution in [0.1, 0.15) is 47.1 Å². The molecule has 228 valence electrons. The largest absolute Gasteiger partial charge is 0.497 e. The van der Waals surface area contributed by atoms with Gasteiger partial charge in [-0.15, -0.1) is 0 Å². The Kier molecular flexibility index (Phi) is 8.61. The number of fused-ring (bicyclic) bond motifs is 1. The Morgan fingerprint density at radius 1 is 1.14 bits per heavy atom. The molecule has 9 nitrogen and oxygen atoms in total. The summed E-state index contributed by atoms with van der Waals surface area (Å²) in [6.07, 6.45) is -3.58. The second-order valence-electron chi connectivity index (χ2n) is 10.5. The monoisotopic (exact) mass is 597 g/mol. The van der Waals surface area contributed by atoms with Crippen molar-refractivity contribution in [2.75, 3.05) is 40.0 Å². The van der Waals surface area contributed by atoms with Gasteiger partial charge in [-0.05, 0) is 51.1 Å². The maximum Gasteiger partial charge on any atom is 0.433 e. The maximum absolute atomic E-state index is 14.4. The predicted octanol–water partition coefficient (Wildman–Crippen LogP) is 5.01. The lowest BCUT2D eigenvalue weighted by Crippen LogP contribution is -2.55. The van der Waals surface area contributed by atoms with Crippen molar-refractivity contribution in [1.82, 2.24) is 24.4 Å². The lowest BCUT2D eigenvalue weighted by atomic mass is 10.0. The summed E-state index contributed by atoms with van der Waals surface area (Å²) in [7, 11) is 1.50. The van der Waals surface area contributed by atoms with E-state index in [1.807, 2.05) is 38.1 Å². The van der Waals surface area contributed by atoms with Crippen LogP contribution in [0, 0.1) is 6.92 Å². The third kappa shape index (κ3) is 5.76. The smallest absolute Gasteiger partial charge is 0.433 e. The van der Waals surface area contributed by atoms with E-state index in [0.717, 1.165) is 11.8 Å². The number of hydrogen-bond donors (Lipinski definition) is 1. The zero-order valence-corrected chi connectivity index (χ0v) is 24.4. The summed E-state index contributed by atoms with van der Waals surface area (Å²) in [6, 6.07) is 13.4. The van der Waals surface area contributed by atoms with Crippen LogP contribution >= 0.6 is 0 Å². The Balaban J connectivity index is 1.47. The minimum atomic E-state index is -4.74. The number of alkyl halides is 3. The summed E-state index contributed by atoms with van der Waals surface area (Å²) < 4.78 is 54.7. The van der Waals surface area contributed by atoms with Gasteiger partial charge in [-0.3, -0.25) is 9.69 Å². The van der Waals surface area contributed by atoms with E-state index in [-0.39, 0.29) is 41.2 Å². The van der Waals surface area contributed by atoms with Crippen LogP contribution in [0.2, 0.25) is 0 Å². The van der Waals surface area contributed by atoms with E-state index in [4.69, 9.17) is 9.47 Å². The number of hydrogen-bond acceptors (Lipinski definition) is 7. The molecule has 1 fully saturated rings. The van der Waals surface area contributed by atoms with Gasteiger partial charge in [-0.1, -0.05) is 18.2 Å². The third-order valence-corrected chi connectivity index (χ3v) is 7.86. The minimum absolute atomic E-state index is 0.0130. The zero-order valence-electron chi connectivity index (χ0n) is 24.4. The highest BCUT2D eigenvalue weighted by Gasteiger charge is 2.40. The third-order valence-electron chi connectivity index (χ3n) is 7.86. The molecular formula is C31H34F3N5O4. The maximum atomic E-state index is 14.4. The van der Waals surface area contributed by atoms with Crippen LogP contribution in [-0.2, 0) is 6.18 Å². The number of ether oxygens (including phenoxy) is 2. The van der Waals surface area contributed by atoms with Crippen molar-refractivity contribution in [3.05, 3.63) is 77.1 Å². The van der Waals surface area contributed by atoms with Gasteiger partial charge < -0.3 is 19.5 Å². The van der Waals surface area contributed by atoms with Crippen LogP contribution in [0.25, 0.3) is 16.9 Å². The van der Waals surface area contributed by atoms with E-state index >= 15 is 0 Å². The van der Waals surface area contributed by atoms with Gasteiger partial charge in [0.2, 0.25) is 0 Å². The number of aliphatic hydroxyl groups is 1. The van der Waals surface area contributed by atoms with E-state index in [1.165, 1.54) is 14.0 Å². The van der Waals surface area contributed by atoms with Crippen LogP contribution in [0.3, 0.4) is 0 Å². The average molecular weight is 598 g/mol. The first kappa shape index (κ1) is 30.3. The fourth-order valence-corrected chi connectivity index (χ4v) is 5.77. The number of carbonyl (C=O) groups is 1. The molecule has 2 aromatic carbocycles. The first-order valence-electron chi connectivity index (χ1n) is 14.1. The van der Waals surface area contributed by atoms with E-state index in [0.29, 0.717) is 47.8 Å². The Hall–Kier alpha value is -4.16. The molecule has 2 atom stereocenters. The molecule has 4 aromatic rings. The number of aliphatic hydroxyl groups excluding tert-OH is 1. The molecule has 0 radical (unpaired) electrons. The topological polar surface area (TPSA) is 92.4 Å². The highest BCUT2D eigenvalue weighted by atomic mass is 19.4. The highest BCUT2D eigenvalue weighted by Crippen LogP contribution is 2.37. The molecule has 0 unspecified atom stereocenters. The Bertz CT molecular complexity index is 1610. The van der Waals surface area contributed by atoms with Crippen molar-refractivity contribution in [3.8, 4) is 22.8 Å². The van der Waals surface area contributed by atoms with Crippen molar-refractivity contribution in [1.29, 1.82) is 0 Å². The molecule has 1 saturated heterocycles. The molecular weight excluding hydrogens is 563 g/mol. The standard InChI is InChI=1S/C31H34F3N5O4/c1-5-43-26-9-7-6-8-23(26)25(18-40)37-14-15-38(19(2)17-37)30(41)24-16-35-39-28(31(32,33)34)20(3)27(36-29(24)39)21-10-12-22(42-4)13-11-21/h6-13,16,19,25,40H,5,14-15,17-18H2,1-4H3/t19-,25-/m1/s1. The molecule has 3 heterocycles. The number of nitrogens with zero attached hydrogens (tertiary/aromatic N) is 5. The van der Waals surface area contributed by atoms with E-state index < -0.39 is 17.8 Å². The first-order valence-corrected chi connectivity index (χ1v) is 14.1.